The summed E-state index contributed by atoms with van der Waals surface area (Å²) in [5.74, 6) is 0.685. The average molecular weight is 280 g/mol. The Kier molecular flexibility index (Phi) is 7.69. The van der Waals surface area contributed by atoms with E-state index in [9.17, 15) is 4.79 Å². The number of hydrogen-bond acceptors (Lipinski definition) is 4. The summed E-state index contributed by atoms with van der Waals surface area (Å²) < 4.78 is 10.6. The van der Waals surface area contributed by atoms with Crippen molar-refractivity contribution in [1.29, 1.82) is 0 Å². The van der Waals surface area contributed by atoms with Crippen LogP contribution in [0.5, 0.6) is 5.75 Å². The highest BCUT2D eigenvalue weighted by atomic mass is 16.5. The Balaban J connectivity index is 2.60. The molecule has 0 aromatic heterocycles. The first-order chi connectivity index (χ1) is 9.67. The smallest absolute Gasteiger partial charge is 0.224 e. The number of anilines is 1. The second-order valence-corrected chi connectivity index (χ2v) is 4.60. The number of carbonyl (C=O) groups is 1. The fraction of sp³-hybridized carbons (Fsp3) is 0.533. The van der Waals surface area contributed by atoms with Gasteiger partial charge < -0.3 is 20.1 Å². The van der Waals surface area contributed by atoms with E-state index < -0.39 is 0 Å². The number of aryl methyl sites for hydroxylation is 1. The molecule has 0 atom stereocenters. The summed E-state index contributed by atoms with van der Waals surface area (Å²) in [6.45, 7) is 3.80. The molecule has 5 heteroatoms. The topological polar surface area (TPSA) is 59.6 Å². The highest BCUT2D eigenvalue weighted by Crippen LogP contribution is 2.26. The summed E-state index contributed by atoms with van der Waals surface area (Å²) in [4.78, 5) is 11.8. The van der Waals surface area contributed by atoms with Crippen molar-refractivity contribution >= 4 is 11.6 Å². The van der Waals surface area contributed by atoms with Gasteiger partial charge in [0.05, 0.1) is 12.3 Å². The molecule has 2 N–H and O–H groups in total. The third-order valence-electron chi connectivity index (χ3n) is 2.79. The minimum atomic E-state index is 0.000643. The first-order valence-electron chi connectivity index (χ1n) is 6.84. The molecule has 1 aromatic carbocycles. The molecule has 20 heavy (non-hydrogen) atoms. The van der Waals surface area contributed by atoms with Crippen molar-refractivity contribution < 1.29 is 14.3 Å². The molecule has 1 amide bonds. The molecule has 5 nitrogen and oxygen atoms in total. The van der Waals surface area contributed by atoms with E-state index in [1.807, 2.05) is 32.2 Å². The standard InChI is InChI=1S/C15H24N2O3/c1-12-6-7-13(14(11-12)20-10-9-19-3)17-15(18)5-4-8-16-2/h6-7,11,16H,4-5,8-10H2,1-3H3,(H,17,18). The van der Waals surface area contributed by atoms with Crippen LogP contribution in [0.4, 0.5) is 5.69 Å². The van der Waals surface area contributed by atoms with Crippen LogP contribution in [-0.4, -0.2) is 39.8 Å². The zero-order valence-electron chi connectivity index (χ0n) is 12.5. The van der Waals surface area contributed by atoms with E-state index in [1.54, 1.807) is 7.11 Å². The van der Waals surface area contributed by atoms with Crippen molar-refractivity contribution in [2.75, 3.05) is 39.2 Å². The number of nitrogens with one attached hydrogen (secondary N) is 2. The van der Waals surface area contributed by atoms with Crippen LogP contribution < -0.4 is 15.4 Å². The number of benzene rings is 1. The predicted molar refractivity (Wildman–Crippen MR) is 80.3 cm³/mol. The van der Waals surface area contributed by atoms with Gasteiger partial charge in [-0.15, -0.1) is 0 Å². The number of carbonyl (C=O) groups excluding carboxylic acids is 1. The Morgan fingerprint density at radius 2 is 2.10 bits per heavy atom. The van der Waals surface area contributed by atoms with Crippen LogP contribution in [0.3, 0.4) is 0 Å². The van der Waals surface area contributed by atoms with Crippen LogP contribution in [0.2, 0.25) is 0 Å². The summed E-state index contributed by atoms with van der Waals surface area (Å²) in [5, 5.41) is 5.91. The van der Waals surface area contributed by atoms with E-state index >= 15 is 0 Å². The fourth-order valence-electron chi connectivity index (χ4n) is 1.73. The number of methoxy groups -OCH3 is 1. The summed E-state index contributed by atoms with van der Waals surface area (Å²) >= 11 is 0. The van der Waals surface area contributed by atoms with Gasteiger partial charge in [-0.1, -0.05) is 6.07 Å². The van der Waals surface area contributed by atoms with Gasteiger partial charge in [0.2, 0.25) is 5.91 Å². The van der Waals surface area contributed by atoms with Gasteiger partial charge in [-0.3, -0.25) is 4.79 Å². The first kappa shape index (κ1) is 16.5. The van der Waals surface area contributed by atoms with Gasteiger partial charge in [0.1, 0.15) is 12.4 Å². The molecular formula is C15H24N2O3. The minimum Gasteiger partial charge on any atom is -0.489 e. The van der Waals surface area contributed by atoms with E-state index in [0.29, 0.717) is 31.1 Å². The fourth-order valence-corrected chi connectivity index (χ4v) is 1.73. The van der Waals surface area contributed by atoms with Gasteiger partial charge in [0.25, 0.3) is 0 Å². The molecule has 0 saturated carbocycles. The number of amides is 1. The van der Waals surface area contributed by atoms with Crippen LogP contribution in [-0.2, 0) is 9.53 Å². The number of rotatable bonds is 9. The van der Waals surface area contributed by atoms with Crippen molar-refractivity contribution in [2.24, 2.45) is 0 Å². The molecule has 0 radical (unpaired) electrons. The van der Waals surface area contributed by atoms with Gasteiger partial charge in [-0.2, -0.15) is 0 Å². The Bertz CT molecular complexity index is 422. The molecule has 0 saturated heterocycles. The Morgan fingerprint density at radius 1 is 1.30 bits per heavy atom. The van der Waals surface area contributed by atoms with Gasteiger partial charge in [0.15, 0.2) is 0 Å². The van der Waals surface area contributed by atoms with Gasteiger partial charge >= 0.3 is 0 Å². The van der Waals surface area contributed by atoms with Crippen LogP contribution in [0.15, 0.2) is 18.2 Å². The maximum atomic E-state index is 11.8. The lowest BCUT2D eigenvalue weighted by atomic mass is 10.2. The first-order valence-corrected chi connectivity index (χ1v) is 6.84. The van der Waals surface area contributed by atoms with E-state index in [2.05, 4.69) is 10.6 Å². The van der Waals surface area contributed by atoms with Gasteiger partial charge in [-0.05, 0) is 44.6 Å². The van der Waals surface area contributed by atoms with E-state index in [-0.39, 0.29) is 5.91 Å². The van der Waals surface area contributed by atoms with Crippen molar-refractivity contribution in [3.05, 3.63) is 23.8 Å². The SMILES string of the molecule is CNCCCC(=O)Nc1ccc(C)cc1OCCOC. The van der Waals surface area contributed by atoms with E-state index in [0.717, 1.165) is 18.5 Å². The van der Waals surface area contributed by atoms with Gasteiger partial charge in [0, 0.05) is 13.5 Å². The zero-order valence-corrected chi connectivity index (χ0v) is 12.5. The molecule has 0 heterocycles. The van der Waals surface area contributed by atoms with Crippen molar-refractivity contribution in [3.63, 3.8) is 0 Å². The maximum absolute atomic E-state index is 11.8. The van der Waals surface area contributed by atoms with Crippen LogP contribution >= 0.6 is 0 Å². The molecular weight excluding hydrogens is 256 g/mol. The van der Waals surface area contributed by atoms with Crippen LogP contribution in [0, 0.1) is 6.92 Å². The predicted octanol–water partition coefficient (Wildman–Crippen LogP) is 1.96. The molecule has 0 aliphatic rings. The van der Waals surface area contributed by atoms with Crippen LogP contribution in [0.25, 0.3) is 0 Å². The number of hydrogen-bond donors (Lipinski definition) is 2. The normalized spacial score (nSPS) is 10.3. The lowest BCUT2D eigenvalue weighted by Gasteiger charge is -2.13. The summed E-state index contributed by atoms with van der Waals surface area (Å²) in [6, 6.07) is 5.73. The molecule has 0 fully saturated rings. The van der Waals surface area contributed by atoms with E-state index in [4.69, 9.17) is 9.47 Å². The molecule has 1 rings (SSSR count). The lowest BCUT2D eigenvalue weighted by molar-refractivity contribution is -0.116. The number of ether oxygens (including phenoxy) is 2. The molecule has 1 aromatic rings. The second-order valence-electron chi connectivity index (χ2n) is 4.60. The third kappa shape index (κ3) is 6.04. The quantitative estimate of drug-likeness (QED) is 0.679. The maximum Gasteiger partial charge on any atom is 0.224 e. The molecule has 0 bridgehead atoms. The summed E-state index contributed by atoms with van der Waals surface area (Å²) in [6.07, 6.45) is 1.31. The van der Waals surface area contributed by atoms with Crippen molar-refractivity contribution in [2.45, 2.75) is 19.8 Å². The average Bonchev–Trinajstić information content (AvgIpc) is 2.42. The molecule has 0 spiro atoms. The molecule has 112 valence electrons. The van der Waals surface area contributed by atoms with Crippen molar-refractivity contribution in [3.8, 4) is 5.75 Å². The zero-order chi connectivity index (χ0) is 14.8. The molecule has 0 aliphatic heterocycles. The van der Waals surface area contributed by atoms with Crippen molar-refractivity contribution in [1.82, 2.24) is 5.32 Å². The summed E-state index contributed by atoms with van der Waals surface area (Å²) in [7, 11) is 3.50. The highest BCUT2D eigenvalue weighted by Gasteiger charge is 2.08. The molecule has 0 unspecified atom stereocenters. The van der Waals surface area contributed by atoms with E-state index in [1.165, 1.54) is 0 Å². The highest BCUT2D eigenvalue weighted by molar-refractivity contribution is 5.92. The monoisotopic (exact) mass is 280 g/mol. The third-order valence-corrected chi connectivity index (χ3v) is 2.79. The second kappa shape index (κ2) is 9.34. The lowest BCUT2D eigenvalue weighted by Crippen LogP contribution is -2.16. The largest absolute Gasteiger partial charge is 0.489 e. The summed E-state index contributed by atoms with van der Waals surface area (Å²) in [5.41, 5.74) is 1.80. The Morgan fingerprint density at radius 3 is 2.80 bits per heavy atom. The van der Waals surface area contributed by atoms with Crippen LogP contribution in [0.1, 0.15) is 18.4 Å². The minimum absolute atomic E-state index is 0.000643. The Labute approximate surface area is 120 Å². The van der Waals surface area contributed by atoms with Gasteiger partial charge in [-0.25, -0.2) is 0 Å². The molecule has 0 aliphatic carbocycles. The Hall–Kier alpha value is -1.59.